The van der Waals surface area contributed by atoms with E-state index in [9.17, 15) is 4.79 Å². The molecule has 3 heterocycles. The highest BCUT2D eigenvalue weighted by atomic mass is 32.2. The monoisotopic (exact) mass is 437 g/mol. The van der Waals surface area contributed by atoms with Gasteiger partial charge in [-0.25, -0.2) is 4.98 Å². The minimum absolute atomic E-state index is 0.0619. The molecule has 154 valence electrons. The number of hydrogen-bond acceptors (Lipinski definition) is 6. The molecular weight excluding hydrogens is 414 g/mol. The lowest BCUT2D eigenvalue weighted by atomic mass is 9.97. The lowest BCUT2D eigenvalue weighted by Crippen LogP contribution is -2.32. The van der Waals surface area contributed by atoms with Gasteiger partial charge in [0.2, 0.25) is 5.91 Å². The highest BCUT2D eigenvalue weighted by Gasteiger charge is 2.22. The predicted octanol–water partition coefficient (Wildman–Crippen LogP) is 4.67. The fraction of sp³-hybridized carbons (Fsp3) is 0.364. The van der Waals surface area contributed by atoms with E-state index in [4.69, 9.17) is 0 Å². The van der Waals surface area contributed by atoms with Crippen LogP contribution in [0.5, 0.6) is 0 Å². The van der Waals surface area contributed by atoms with Crippen molar-refractivity contribution in [2.45, 2.75) is 44.7 Å². The Labute approximate surface area is 183 Å². The van der Waals surface area contributed by atoms with Gasteiger partial charge in [0.1, 0.15) is 11.2 Å². The average molecular weight is 438 g/mol. The van der Waals surface area contributed by atoms with Crippen molar-refractivity contribution >= 4 is 50.6 Å². The molecule has 0 atom stereocenters. The van der Waals surface area contributed by atoms with E-state index in [1.165, 1.54) is 35.0 Å². The predicted molar refractivity (Wildman–Crippen MR) is 123 cm³/mol. The minimum atomic E-state index is 0.0619. The lowest BCUT2D eigenvalue weighted by Gasteiger charge is -2.21. The van der Waals surface area contributed by atoms with Crippen LogP contribution in [0.4, 0.5) is 5.69 Å². The molecule has 1 aliphatic rings. The number of hydrogen-bond donors (Lipinski definition) is 0. The van der Waals surface area contributed by atoms with E-state index >= 15 is 0 Å². The summed E-state index contributed by atoms with van der Waals surface area (Å²) in [4.78, 5) is 21.9. The van der Waals surface area contributed by atoms with Gasteiger partial charge in [-0.3, -0.25) is 9.20 Å². The van der Waals surface area contributed by atoms with Crippen LogP contribution in [0.1, 0.15) is 35.8 Å². The third-order valence-corrected chi connectivity index (χ3v) is 7.71. The van der Waals surface area contributed by atoms with Gasteiger partial charge in [-0.15, -0.1) is 21.5 Å². The summed E-state index contributed by atoms with van der Waals surface area (Å²) in [6.45, 7) is 4.67. The fourth-order valence-corrected chi connectivity index (χ4v) is 6.14. The number of aromatic nitrogens is 4. The molecule has 4 aromatic rings. The van der Waals surface area contributed by atoms with Crippen LogP contribution in [0.15, 0.2) is 35.7 Å². The summed E-state index contributed by atoms with van der Waals surface area (Å²) < 4.78 is 1.94. The number of anilines is 1. The Bertz CT molecular complexity index is 1250. The van der Waals surface area contributed by atoms with Gasteiger partial charge in [0.25, 0.3) is 0 Å². The van der Waals surface area contributed by atoms with Crippen molar-refractivity contribution in [2.75, 3.05) is 17.2 Å². The van der Waals surface area contributed by atoms with Gasteiger partial charge in [-0.05, 0) is 62.8 Å². The van der Waals surface area contributed by atoms with Crippen LogP contribution in [0, 0.1) is 6.92 Å². The van der Waals surface area contributed by atoms with Crippen LogP contribution in [0.2, 0.25) is 0 Å². The summed E-state index contributed by atoms with van der Waals surface area (Å²) in [6, 6.07) is 8.04. The van der Waals surface area contributed by atoms with E-state index < -0.39 is 0 Å². The number of amides is 1. The van der Waals surface area contributed by atoms with E-state index in [1.807, 2.05) is 47.4 Å². The fourth-order valence-electron chi connectivity index (χ4n) is 4.14. The lowest BCUT2D eigenvalue weighted by molar-refractivity contribution is -0.116. The van der Waals surface area contributed by atoms with Crippen LogP contribution in [-0.4, -0.2) is 37.8 Å². The maximum atomic E-state index is 12.9. The first-order valence-electron chi connectivity index (χ1n) is 10.3. The summed E-state index contributed by atoms with van der Waals surface area (Å²) in [5.41, 5.74) is 4.34. The Hall–Kier alpha value is -2.45. The number of carbonyl (C=O) groups is 1. The molecule has 0 spiro atoms. The molecule has 0 unspecified atom stereocenters. The van der Waals surface area contributed by atoms with Crippen molar-refractivity contribution in [3.63, 3.8) is 0 Å². The summed E-state index contributed by atoms with van der Waals surface area (Å²) in [5, 5.41) is 10.7. The molecule has 3 aromatic heterocycles. The summed E-state index contributed by atoms with van der Waals surface area (Å²) in [5.74, 6) is 0.370. The average Bonchev–Trinajstić information content (AvgIpc) is 3.33. The van der Waals surface area contributed by atoms with Crippen molar-refractivity contribution in [1.82, 2.24) is 19.6 Å². The van der Waals surface area contributed by atoms with Crippen molar-refractivity contribution in [2.24, 2.45) is 0 Å². The van der Waals surface area contributed by atoms with Gasteiger partial charge in [0.15, 0.2) is 10.8 Å². The topological polar surface area (TPSA) is 63.4 Å². The number of aryl methyl sites for hydroxylation is 3. The minimum Gasteiger partial charge on any atom is -0.312 e. The van der Waals surface area contributed by atoms with Crippen molar-refractivity contribution in [3.05, 3.63) is 46.6 Å². The van der Waals surface area contributed by atoms with Gasteiger partial charge in [-0.2, -0.15) is 0 Å². The Kier molecular flexibility index (Phi) is 5.20. The van der Waals surface area contributed by atoms with E-state index in [1.54, 1.807) is 17.7 Å². The van der Waals surface area contributed by atoms with Crippen LogP contribution in [0.3, 0.4) is 0 Å². The molecule has 0 aliphatic heterocycles. The highest BCUT2D eigenvalue weighted by molar-refractivity contribution is 7.99. The van der Waals surface area contributed by atoms with E-state index in [0.29, 0.717) is 17.5 Å². The Balaban J connectivity index is 1.41. The largest absolute Gasteiger partial charge is 0.312 e. The molecule has 0 bridgehead atoms. The molecular formula is C22H23N5OS2. The van der Waals surface area contributed by atoms with Gasteiger partial charge >= 0.3 is 0 Å². The molecule has 0 saturated heterocycles. The number of fused-ring (bicyclic) bond motifs is 5. The van der Waals surface area contributed by atoms with Gasteiger partial charge in [0, 0.05) is 17.1 Å². The molecule has 6 nitrogen and oxygen atoms in total. The zero-order valence-corrected chi connectivity index (χ0v) is 18.7. The zero-order chi connectivity index (χ0) is 20.7. The van der Waals surface area contributed by atoms with E-state index in [2.05, 4.69) is 15.2 Å². The standard InChI is InChI=1S/C22H23N5OS2/c1-3-26(15-8-6-7-14(2)11-15)18(28)12-29-22-25-24-20-19-16-9-4-5-10-17(16)30-21(19)23-13-27(20)22/h6-8,11,13H,3-5,9-10,12H2,1-2H3. The Morgan fingerprint density at radius 3 is 2.97 bits per heavy atom. The second-order valence-corrected chi connectivity index (χ2v) is 9.60. The van der Waals surface area contributed by atoms with Gasteiger partial charge < -0.3 is 4.90 Å². The van der Waals surface area contributed by atoms with E-state index in [-0.39, 0.29) is 5.91 Å². The zero-order valence-electron chi connectivity index (χ0n) is 17.1. The Morgan fingerprint density at radius 2 is 2.13 bits per heavy atom. The highest BCUT2D eigenvalue weighted by Crippen LogP contribution is 2.37. The van der Waals surface area contributed by atoms with Crippen molar-refractivity contribution in [1.29, 1.82) is 0 Å². The summed E-state index contributed by atoms with van der Waals surface area (Å²) in [6.07, 6.45) is 6.49. The maximum Gasteiger partial charge on any atom is 0.237 e. The third-order valence-electron chi connectivity index (χ3n) is 5.59. The first kappa shape index (κ1) is 19.5. The van der Waals surface area contributed by atoms with E-state index in [0.717, 1.165) is 40.0 Å². The molecule has 0 saturated carbocycles. The molecule has 1 amide bonds. The number of nitrogens with zero attached hydrogens (tertiary/aromatic N) is 5. The molecule has 1 aromatic carbocycles. The molecule has 8 heteroatoms. The van der Waals surface area contributed by atoms with Crippen LogP contribution < -0.4 is 4.90 Å². The van der Waals surface area contributed by atoms with Crippen LogP contribution in [0.25, 0.3) is 15.9 Å². The normalized spacial score (nSPS) is 13.7. The van der Waals surface area contributed by atoms with Crippen molar-refractivity contribution < 1.29 is 4.79 Å². The first-order valence-corrected chi connectivity index (χ1v) is 12.1. The second kappa shape index (κ2) is 8.00. The van der Waals surface area contributed by atoms with Crippen LogP contribution >= 0.6 is 23.1 Å². The number of carbonyl (C=O) groups excluding carboxylic acids is 1. The molecule has 0 N–H and O–H groups in total. The molecule has 0 radical (unpaired) electrons. The van der Waals surface area contributed by atoms with Crippen LogP contribution in [-0.2, 0) is 17.6 Å². The summed E-state index contributed by atoms with van der Waals surface area (Å²) in [7, 11) is 0. The number of thiophene rings is 1. The molecule has 1 aliphatic carbocycles. The molecule has 30 heavy (non-hydrogen) atoms. The van der Waals surface area contributed by atoms with Crippen molar-refractivity contribution in [3.8, 4) is 0 Å². The maximum absolute atomic E-state index is 12.9. The van der Waals surface area contributed by atoms with Gasteiger partial charge in [-0.1, -0.05) is 23.9 Å². The molecule has 0 fully saturated rings. The number of thioether (sulfide) groups is 1. The Morgan fingerprint density at radius 1 is 1.27 bits per heavy atom. The second-order valence-electron chi connectivity index (χ2n) is 7.58. The smallest absolute Gasteiger partial charge is 0.237 e. The third kappa shape index (κ3) is 3.37. The first-order chi connectivity index (χ1) is 14.7. The van der Waals surface area contributed by atoms with Gasteiger partial charge in [0.05, 0.1) is 11.1 Å². The number of benzene rings is 1. The number of rotatable bonds is 5. The SMILES string of the molecule is CCN(C(=O)CSc1nnc2c3c4c(sc3ncn12)CCCC4)c1cccc(C)c1. The molecule has 5 rings (SSSR count). The summed E-state index contributed by atoms with van der Waals surface area (Å²) >= 11 is 3.21. The quantitative estimate of drug-likeness (QED) is 0.425.